The summed E-state index contributed by atoms with van der Waals surface area (Å²) in [5.41, 5.74) is 2.58. The van der Waals surface area contributed by atoms with Gasteiger partial charge in [-0.05, 0) is 24.5 Å². The molecule has 1 aromatic carbocycles. The Morgan fingerprint density at radius 3 is 3.00 bits per heavy atom. The average molecular weight is 230 g/mol. The predicted molar refractivity (Wildman–Crippen MR) is 66.9 cm³/mol. The molecule has 17 heavy (non-hydrogen) atoms. The summed E-state index contributed by atoms with van der Waals surface area (Å²) in [7, 11) is 0. The van der Waals surface area contributed by atoms with Crippen LogP contribution in [0.5, 0.6) is 0 Å². The van der Waals surface area contributed by atoms with Gasteiger partial charge in [0.15, 0.2) is 0 Å². The molecule has 0 bridgehead atoms. The first-order valence-corrected chi connectivity index (χ1v) is 6.36. The van der Waals surface area contributed by atoms with Crippen molar-refractivity contribution >= 4 is 5.91 Å². The zero-order chi connectivity index (χ0) is 11.8. The first-order chi connectivity index (χ1) is 8.27. The van der Waals surface area contributed by atoms with Gasteiger partial charge >= 0.3 is 0 Å². The van der Waals surface area contributed by atoms with Crippen LogP contribution in [0.2, 0.25) is 0 Å². The second-order valence-electron chi connectivity index (χ2n) is 5.04. The number of hydrogen-bond acceptors (Lipinski definition) is 2. The molecule has 90 valence electrons. The number of piperazine rings is 1. The molecule has 1 aliphatic heterocycles. The number of amides is 1. The van der Waals surface area contributed by atoms with Gasteiger partial charge in [0.25, 0.3) is 0 Å². The number of fused-ring (bicyclic) bond motifs is 1. The molecule has 0 radical (unpaired) electrons. The number of carbonyl (C=O) groups is 1. The molecule has 2 aliphatic rings. The highest BCUT2D eigenvalue weighted by Crippen LogP contribution is 2.36. The second kappa shape index (κ2) is 4.15. The minimum absolute atomic E-state index is 0.117. The van der Waals surface area contributed by atoms with Gasteiger partial charge in [0, 0.05) is 25.7 Å². The highest BCUT2D eigenvalue weighted by atomic mass is 16.2. The third-order valence-corrected chi connectivity index (χ3v) is 3.94. The molecule has 1 unspecified atom stereocenters. The van der Waals surface area contributed by atoms with Gasteiger partial charge < -0.3 is 10.2 Å². The summed E-state index contributed by atoms with van der Waals surface area (Å²) < 4.78 is 0. The lowest BCUT2D eigenvalue weighted by molar-refractivity contribution is -0.136. The van der Waals surface area contributed by atoms with Crippen LogP contribution in [0, 0.1) is 0 Å². The van der Waals surface area contributed by atoms with E-state index >= 15 is 0 Å². The van der Waals surface area contributed by atoms with Crippen molar-refractivity contribution in [3.63, 3.8) is 0 Å². The topological polar surface area (TPSA) is 32.3 Å². The van der Waals surface area contributed by atoms with Crippen molar-refractivity contribution < 1.29 is 4.79 Å². The predicted octanol–water partition coefficient (Wildman–Crippen LogP) is 1.15. The number of hydrogen-bond donors (Lipinski definition) is 1. The van der Waals surface area contributed by atoms with Crippen LogP contribution in [-0.4, -0.2) is 36.5 Å². The van der Waals surface area contributed by atoms with Gasteiger partial charge in [-0.2, -0.15) is 0 Å². The highest BCUT2D eigenvalue weighted by molar-refractivity contribution is 5.87. The number of nitrogens with one attached hydrogen (secondary N) is 1. The van der Waals surface area contributed by atoms with E-state index in [9.17, 15) is 4.79 Å². The van der Waals surface area contributed by atoms with Crippen molar-refractivity contribution in [2.75, 3.05) is 19.6 Å². The minimum atomic E-state index is 0.117. The van der Waals surface area contributed by atoms with Crippen LogP contribution in [0.4, 0.5) is 0 Å². The van der Waals surface area contributed by atoms with Crippen molar-refractivity contribution in [2.45, 2.75) is 25.3 Å². The maximum absolute atomic E-state index is 12.5. The number of carbonyl (C=O) groups excluding carboxylic acids is 1. The molecule has 0 spiro atoms. The Labute approximate surface area is 102 Å². The summed E-state index contributed by atoms with van der Waals surface area (Å²) in [4.78, 5) is 14.5. The summed E-state index contributed by atoms with van der Waals surface area (Å²) in [6, 6.07) is 8.62. The van der Waals surface area contributed by atoms with E-state index in [4.69, 9.17) is 0 Å². The van der Waals surface area contributed by atoms with Crippen LogP contribution in [-0.2, 0) is 11.2 Å². The molecule has 1 N–H and O–H groups in total. The van der Waals surface area contributed by atoms with Gasteiger partial charge in [-0.25, -0.2) is 0 Å². The molecule has 0 saturated carbocycles. The smallest absolute Gasteiger partial charge is 0.230 e. The molecule has 1 aromatic rings. The lowest BCUT2D eigenvalue weighted by Gasteiger charge is -2.39. The Bertz CT molecular complexity index is 444. The summed E-state index contributed by atoms with van der Waals surface area (Å²) >= 11 is 0. The first-order valence-electron chi connectivity index (χ1n) is 6.36. The number of benzene rings is 1. The molecule has 2 atom stereocenters. The molecule has 3 rings (SSSR count). The van der Waals surface area contributed by atoms with Crippen molar-refractivity contribution in [3.8, 4) is 0 Å². The van der Waals surface area contributed by atoms with E-state index in [0.717, 1.165) is 26.1 Å². The molecule has 3 nitrogen and oxygen atoms in total. The van der Waals surface area contributed by atoms with Crippen molar-refractivity contribution in [1.82, 2.24) is 10.2 Å². The summed E-state index contributed by atoms with van der Waals surface area (Å²) in [5, 5.41) is 3.32. The quantitative estimate of drug-likeness (QED) is 0.785. The van der Waals surface area contributed by atoms with E-state index in [2.05, 4.69) is 24.4 Å². The van der Waals surface area contributed by atoms with Crippen LogP contribution in [0.15, 0.2) is 24.3 Å². The molecule has 1 amide bonds. The maximum Gasteiger partial charge on any atom is 0.230 e. The molecule has 1 saturated heterocycles. The van der Waals surface area contributed by atoms with E-state index in [1.807, 2.05) is 17.0 Å². The van der Waals surface area contributed by atoms with Gasteiger partial charge in [-0.3, -0.25) is 4.79 Å². The Kier molecular flexibility index (Phi) is 2.63. The summed E-state index contributed by atoms with van der Waals surface area (Å²) in [6.45, 7) is 4.80. The van der Waals surface area contributed by atoms with Crippen LogP contribution in [0.3, 0.4) is 0 Å². The molecule has 1 fully saturated rings. The molecule has 1 heterocycles. The van der Waals surface area contributed by atoms with Gasteiger partial charge in [0.1, 0.15) is 0 Å². The van der Waals surface area contributed by atoms with Crippen LogP contribution in [0.1, 0.15) is 24.0 Å². The maximum atomic E-state index is 12.5. The Balaban J connectivity index is 1.76. The minimum Gasteiger partial charge on any atom is -0.337 e. The van der Waals surface area contributed by atoms with Crippen molar-refractivity contribution in [1.29, 1.82) is 0 Å². The molecular weight excluding hydrogens is 212 g/mol. The third-order valence-electron chi connectivity index (χ3n) is 3.94. The lowest BCUT2D eigenvalue weighted by Crippen LogP contribution is -2.54. The van der Waals surface area contributed by atoms with Gasteiger partial charge in [0.2, 0.25) is 5.91 Å². The van der Waals surface area contributed by atoms with Gasteiger partial charge in [-0.15, -0.1) is 0 Å². The Hall–Kier alpha value is -1.35. The molecular formula is C14H18N2O. The Morgan fingerprint density at radius 1 is 1.41 bits per heavy atom. The molecule has 0 aromatic heterocycles. The fourth-order valence-corrected chi connectivity index (χ4v) is 2.85. The first kappa shape index (κ1) is 10.8. The van der Waals surface area contributed by atoms with Crippen LogP contribution < -0.4 is 5.32 Å². The van der Waals surface area contributed by atoms with E-state index in [1.54, 1.807) is 0 Å². The zero-order valence-corrected chi connectivity index (χ0v) is 10.1. The van der Waals surface area contributed by atoms with E-state index in [0.29, 0.717) is 11.9 Å². The summed E-state index contributed by atoms with van der Waals surface area (Å²) in [5.74, 6) is 0.435. The van der Waals surface area contributed by atoms with Gasteiger partial charge in [0.05, 0.1) is 5.92 Å². The standard InChI is InChI=1S/C14H18N2O/c1-10-9-15-6-7-16(10)14(17)13-8-11-4-2-3-5-12(11)13/h2-5,10,13,15H,6-9H2,1H3/t10-,13?/m0/s1. The summed E-state index contributed by atoms with van der Waals surface area (Å²) in [6.07, 6.45) is 0.922. The molecule has 1 aliphatic carbocycles. The lowest BCUT2D eigenvalue weighted by atomic mass is 9.76. The Morgan fingerprint density at radius 2 is 2.24 bits per heavy atom. The van der Waals surface area contributed by atoms with Gasteiger partial charge in [-0.1, -0.05) is 24.3 Å². The van der Waals surface area contributed by atoms with E-state index < -0.39 is 0 Å². The normalized spacial score (nSPS) is 27.2. The zero-order valence-electron chi connectivity index (χ0n) is 10.1. The van der Waals surface area contributed by atoms with E-state index in [-0.39, 0.29) is 5.92 Å². The average Bonchev–Trinajstić information content (AvgIpc) is 2.31. The highest BCUT2D eigenvalue weighted by Gasteiger charge is 2.36. The number of nitrogens with zero attached hydrogens (tertiary/aromatic N) is 1. The SMILES string of the molecule is C[C@H]1CNCCN1C(=O)C1Cc2ccccc21. The largest absolute Gasteiger partial charge is 0.337 e. The van der Waals surface area contributed by atoms with Crippen LogP contribution >= 0.6 is 0 Å². The van der Waals surface area contributed by atoms with Crippen molar-refractivity contribution in [2.24, 2.45) is 0 Å². The molecule has 3 heteroatoms. The fraction of sp³-hybridized carbons (Fsp3) is 0.500. The monoisotopic (exact) mass is 230 g/mol. The second-order valence-corrected chi connectivity index (χ2v) is 5.04. The third kappa shape index (κ3) is 1.75. The van der Waals surface area contributed by atoms with Crippen molar-refractivity contribution in [3.05, 3.63) is 35.4 Å². The van der Waals surface area contributed by atoms with E-state index in [1.165, 1.54) is 11.1 Å². The fourth-order valence-electron chi connectivity index (χ4n) is 2.85. The number of rotatable bonds is 1. The van der Waals surface area contributed by atoms with Crippen LogP contribution in [0.25, 0.3) is 0 Å².